The summed E-state index contributed by atoms with van der Waals surface area (Å²) in [6, 6.07) is -0.631. The fourth-order valence-corrected chi connectivity index (χ4v) is 7.51. The summed E-state index contributed by atoms with van der Waals surface area (Å²) < 4.78 is 5.45. The number of hydrogen-bond donors (Lipinski definition) is 3. The SMILES string of the molecule is CCCCCCCCCCC/C=C/C(O)C(CO)NC(=O)CCCCCCCCCCCCCCCCCOC(=O)CCCCCCCCCCCCCC. The van der Waals surface area contributed by atoms with Gasteiger partial charge >= 0.3 is 5.97 Å². The topological polar surface area (TPSA) is 95.9 Å². The highest BCUT2D eigenvalue weighted by molar-refractivity contribution is 5.76. The van der Waals surface area contributed by atoms with Gasteiger partial charge in [0.15, 0.2) is 0 Å². The molecule has 0 heterocycles. The molecule has 0 aromatic rings. The lowest BCUT2D eigenvalue weighted by atomic mass is 10.0. The largest absolute Gasteiger partial charge is 0.466 e. The van der Waals surface area contributed by atoms with Crippen molar-refractivity contribution in [2.45, 2.75) is 276 Å². The molecular weight excluding hydrogens is 683 g/mol. The maximum atomic E-state index is 12.4. The Hall–Kier alpha value is -1.40. The molecule has 326 valence electrons. The van der Waals surface area contributed by atoms with E-state index in [9.17, 15) is 19.8 Å². The zero-order valence-electron chi connectivity index (χ0n) is 36.9. The first kappa shape index (κ1) is 53.6. The molecule has 0 saturated carbocycles. The van der Waals surface area contributed by atoms with Gasteiger partial charge in [-0.05, 0) is 32.1 Å². The first-order chi connectivity index (χ1) is 27.0. The maximum Gasteiger partial charge on any atom is 0.305 e. The summed E-state index contributed by atoms with van der Waals surface area (Å²) in [7, 11) is 0. The lowest BCUT2D eigenvalue weighted by molar-refractivity contribution is -0.143. The molecule has 6 nitrogen and oxygen atoms in total. The van der Waals surface area contributed by atoms with Gasteiger partial charge in [0.05, 0.1) is 25.4 Å². The van der Waals surface area contributed by atoms with Crippen LogP contribution in [0.25, 0.3) is 0 Å². The van der Waals surface area contributed by atoms with E-state index in [0.29, 0.717) is 19.4 Å². The summed E-state index contributed by atoms with van der Waals surface area (Å²) in [6.07, 6.45) is 50.6. The van der Waals surface area contributed by atoms with Crippen molar-refractivity contribution < 1.29 is 24.5 Å². The molecule has 0 fully saturated rings. The Morgan fingerprint density at radius 1 is 0.491 bits per heavy atom. The van der Waals surface area contributed by atoms with E-state index in [1.54, 1.807) is 6.08 Å². The number of carbonyl (C=O) groups excluding carboxylic acids is 2. The fraction of sp³-hybridized carbons (Fsp3) is 0.918. The number of aliphatic hydroxyl groups excluding tert-OH is 2. The van der Waals surface area contributed by atoms with Gasteiger partial charge in [-0.25, -0.2) is 0 Å². The Balaban J connectivity index is 3.44. The van der Waals surface area contributed by atoms with Crippen molar-refractivity contribution in [2.24, 2.45) is 0 Å². The average Bonchev–Trinajstić information content (AvgIpc) is 3.18. The van der Waals surface area contributed by atoms with E-state index in [2.05, 4.69) is 19.2 Å². The lowest BCUT2D eigenvalue weighted by Gasteiger charge is -2.20. The molecule has 2 atom stereocenters. The number of allylic oxidation sites excluding steroid dienone is 1. The maximum absolute atomic E-state index is 12.4. The predicted molar refractivity (Wildman–Crippen MR) is 237 cm³/mol. The first-order valence-corrected chi connectivity index (χ1v) is 24.5. The van der Waals surface area contributed by atoms with Crippen molar-refractivity contribution in [1.82, 2.24) is 5.32 Å². The lowest BCUT2D eigenvalue weighted by Crippen LogP contribution is -2.45. The number of ether oxygens (including phenoxy) is 1. The van der Waals surface area contributed by atoms with E-state index in [-0.39, 0.29) is 18.5 Å². The van der Waals surface area contributed by atoms with E-state index < -0.39 is 12.1 Å². The van der Waals surface area contributed by atoms with Crippen LogP contribution in [0.4, 0.5) is 0 Å². The molecule has 0 radical (unpaired) electrons. The fourth-order valence-electron chi connectivity index (χ4n) is 7.51. The van der Waals surface area contributed by atoms with Crippen LogP contribution in [0.1, 0.15) is 264 Å². The van der Waals surface area contributed by atoms with Crippen molar-refractivity contribution in [3.63, 3.8) is 0 Å². The van der Waals surface area contributed by atoms with Crippen LogP contribution in [0.3, 0.4) is 0 Å². The highest BCUT2D eigenvalue weighted by Gasteiger charge is 2.18. The summed E-state index contributed by atoms with van der Waals surface area (Å²) in [5, 5.41) is 22.9. The number of nitrogens with one attached hydrogen (secondary N) is 1. The van der Waals surface area contributed by atoms with Gasteiger partial charge in [-0.2, -0.15) is 0 Å². The molecule has 55 heavy (non-hydrogen) atoms. The van der Waals surface area contributed by atoms with Gasteiger partial charge in [0.25, 0.3) is 0 Å². The second kappa shape index (κ2) is 45.3. The number of hydrogen-bond acceptors (Lipinski definition) is 5. The Morgan fingerprint density at radius 2 is 0.836 bits per heavy atom. The second-order valence-electron chi connectivity index (χ2n) is 16.8. The van der Waals surface area contributed by atoms with Gasteiger partial charge in [0, 0.05) is 12.8 Å². The van der Waals surface area contributed by atoms with Crippen molar-refractivity contribution in [3.05, 3.63) is 12.2 Å². The number of unbranched alkanes of at least 4 members (excludes halogenated alkanes) is 34. The zero-order valence-corrected chi connectivity index (χ0v) is 36.9. The van der Waals surface area contributed by atoms with Crippen LogP contribution in [0.2, 0.25) is 0 Å². The third-order valence-electron chi connectivity index (χ3n) is 11.3. The molecule has 2 unspecified atom stereocenters. The molecule has 0 aromatic heterocycles. The third kappa shape index (κ3) is 42.0. The number of esters is 1. The molecule has 6 heteroatoms. The van der Waals surface area contributed by atoms with E-state index in [0.717, 1.165) is 44.9 Å². The molecule has 0 aromatic carbocycles. The highest BCUT2D eigenvalue weighted by Crippen LogP contribution is 2.16. The van der Waals surface area contributed by atoms with Crippen molar-refractivity contribution >= 4 is 11.9 Å². The molecule has 0 aliphatic heterocycles. The predicted octanol–water partition coefficient (Wildman–Crippen LogP) is 14.2. The van der Waals surface area contributed by atoms with Crippen LogP contribution >= 0.6 is 0 Å². The summed E-state index contributed by atoms with van der Waals surface area (Å²) in [5.74, 6) is -0.0776. The molecule has 1 amide bonds. The quantitative estimate of drug-likeness (QED) is 0.0325. The number of amides is 1. The number of aliphatic hydroxyl groups is 2. The average molecular weight is 778 g/mol. The first-order valence-electron chi connectivity index (χ1n) is 24.5. The standard InChI is InChI=1S/C49H95NO5/c1-3-5-7-9-11-13-15-23-27-31-35-39-43-49(54)55-44-40-36-32-28-24-20-18-16-17-19-22-26-30-34-38-42-48(53)50-46(45-51)47(52)41-37-33-29-25-21-14-12-10-8-6-4-2/h37,41,46-47,51-52H,3-36,38-40,42-45H2,1-2H3,(H,50,53)/b41-37+. The van der Waals surface area contributed by atoms with Gasteiger partial charge in [-0.15, -0.1) is 0 Å². The minimum Gasteiger partial charge on any atom is -0.466 e. The van der Waals surface area contributed by atoms with Crippen molar-refractivity contribution in [3.8, 4) is 0 Å². The van der Waals surface area contributed by atoms with Crippen LogP contribution in [-0.4, -0.2) is 47.4 Å². The van der Waals surface area contributed by atoms with Gasteiger partial charge in [-0.1, -0.05) is 231 Å². The Kier molecular flexibility index (Phi) is 44.2. The molecule has 0 aliphatic rings. The Morgan fingerprint density at radius 3 is 1.24 bits per heavy atom. The van der Waals surface area contributed by atoms with Crippen LogP contribution in [0, 0.1) is 0 Å². The van der Waals surface area contributed by atoms with Gasteiger partial charge < -0.3 is 20.3 Å². The molecule has 0 rings (SSSR count). The summed E-state index contributed by atoms with van der Waals surface area (Å²) in [6.45, 7) is 4.87. The Labute approximate surface area is 342 Å². The van der Waals surface area contributed by atoms with Crippen LogP contribution in [-0.2, 0) is 14.3 Å². The molecule has 0 spiro atoms. The van der Waals surface area contributed by atoms with Crippen LogP contribution in [0.5, 0.6) is 0 Å². The number of rotatable bonds is 45. The number of carbonyl (C=O) groups is 2. The van der Waals surface area contributed by atoms with Gasteiger partial charge in [0.2, 0.25) is 5.91 Å². The molecule has 0 bridgehead atoms. The minimum atomic E-state index is -0.847. The van der Waals surface area contributed by atoms with E-state index in [4.69, 9.17) is 4.74 Å². The van der Waals surface area contributed by atoms with Crippen LogP contribution < -0.4 is 5.32 Å². The van der Waals surface area contributed by atoms with Crippen LogP contribution in [0.15, 0.2) is 12.2 Å². The van der Waals surface area contributed by atoms with Crippen molar-refractivity contribution in [2.75, 3.05) is 13.2 Å². The monoisotopic (exact) mass is 778 g/mol. The van der Waals surface area contributed by atoms with Crippen molar-refractivity contribution in [1.29, 1.82) is 0 Å². The van der Waals surface area contributed by atoms with E-state index in [1.807, 2.05) is 6.08 Å². The van der Waals surface area contributed by atoms with E-state index in [1.165, 1.54) is 193 Å². The smallest absolute Gasteiger partial charge is 0.305 e. The Bertz CT molecular complexity index is 817. The van der Waals surface area contributed by atoms with Gasteiger partial charge in [0.1, 0.15) is 0 Å². The second-order valence-corrected chi connectivity index (χ2v) is 16.8. The normalized spacial score (nSPS) is 12.7. The third-order valence-corrected chi connectivity index (χ3v) is 11.3. The molecule has 0 aliphatic carbocycles. The molecule has 3 N–H and O–H groups in total. The van der Waals surface area contributed by atoms with Gasteiger partial charge in [-0.3, -0.25) is 9.59 Å². The summed E-state index contributed by atoms with van der Waals surface area (Å²) >= 11 is 0. The molecule has 0 saturated heterocycles. The summed E-state index contributed by atoms with van der Waals surface area (Å²) in [5.41, 5.74) is 0. The summed E-state index contributed by atoms with van der Waals surface area (Å²) in [4.78, 5) is 24.4. The van der Waals surface area contributed by atoms with E-state index >= 15 is 0 Å². The minimum absolute atomic E-state index is 0.000129. The molecular formula is C49H95NO5. The highest BCUT2D eigenvalue weighted by atomic mass is 16.5. The zero-order chi connectivity index (χ0) is 40.1.